The first-order valence-corrected chi connectivity index (χ1v) is 14.4. The Kier molecular flexibility index (Phi) is 6.62. The van der Waals surface area contributed by atoms with Crippen molar-refractivity contribution in [1.29, 1.82) is 0 Å². The first-order chi connectivity index (χ1) is 19.7. The van der Waals surface area contributed by atoms with Gasteiger partial charge in [0, 0.05) is 5.41 Å². The minimum Gasteiger partial charge on any atom is -0.462 e. The van der Waals surface area contributed by atoms with E-state index in [1.54, 1.807) is 0 Å². The first kappa shape index (κ1) is 26.6. The number of hydrogen-bond donors (Lipinski definition) is 0. The molecular formula is C33H36O8. The monoisotopic (exact) mass is 560 g/mol. The third kappa shape index (κ3) is 5.88. The van der Waals surface area contributed by atoms with Crippen LogP contribution in [0.1, 0.15) is 51.3 Å². The summed E-state index contributed by atoms with van der Waals surface area (Å²) in [5.41, 5.74) is 2.85. The highest BCUT2D eigenvalue weighted by atomic mass is 16.8. The Morgan fingerprint density at radius 2 is 0.902 bits per heavy atom. The molecule has 0 N–H and O–H groups in total. The van der Waals surface area contributed by atoms with Crippen LogP contribution in [0.25, 0.3) is 0 Å². The van der Waals surface area contributed by atoms with Gasteiger partial charge in [-0.1, -0.05) is 31.2 Å². The van der Waals surface area contributed by atoms with E-state index >= 15 is 0 Å². The van der Waals surface area contributed by atoms with Crippen molar-refractivity contribution in [3.05, 3.63) is 83.4 Å². The highest BCUT2D eigenvalue weighted by molar-refractivity contribution is 5.48. The van der Waals surface area contributed by atoms with Crippen molar-refractivity contribution in [3.8, 4) is 23.0 Å². The van der Waals surface area contributed by atoms with Crippen LogP contribution in [0.4, 0.5) is 0 Å². The van der Waals surface area contributed by atoms with E-state index in [9.17, 15) is 0 Å². The van der Waals surface area contributed by atoms with Gasteiger partial charge >= 0.3 is 0 Å². The Hall–Kier alpha value is -3.30. The maximum Gasteiger partial charge on any atom is 0.226 e. The van der Waals surface area contributed by atoms with Gasteiger partial charge in [-0.15, -0.1) is 0 Å². The second kappa shape index (κ2) is 10.2. The summed E-state index contributed by atoms with van der Waals surface area (Å²) in [6.07, 6.45) is 0.246. The number of epoxide rings is 4. The lowest BCUT2D eigenvalue weighted by atomic mass is 9.72. The number of hydrogen-bond acceptors (Lipinski definition) is 8. The summed E-state index contributed by atoms with van der Waals surface area (Å²) in [6.45, 7) is 10.3. The molecule has 4 fully saturated rings. The number of rotatable bonds is 12. The van der Waals surface area contributed by atoms with Crippen molar-refractivity contribution in [1.82, 2.24) is 0 Å². The number of benzene rings is 3. The summed E-state index contributed by atoms with van der Waals surface area (Å²) >= 11 is 0. The van der Waals surface area contributed by atoms with Crippen LogP contribution in [0.2, 0.25) is 0 Å². The van der Waals surface area contributed by atoms with Gasteiger partial charge in [-0.3, -0.25) is 0 Å². The zero-order chi connectivity index (χ0) is 28.3. The van der Waals surface area contributed by atoms with E-state index in [0.29, 0.717) is 6.42 Å². The van der Waals surface area contributed by atoms with Crippen molar-refractivity contribution in [2.45, 2.75) is 96.0 Å². The van der Waals surface area contributed by atoms with Gasteiger partial charge in [0.1, 0.15) is 47.4 Å². The molecule has 8 heteroatoms. The van der Waals surface area contributed by atoms with Gasteiger partial charge in [0.2, 0.25) is 25.2 Å². The molecule has 0 spiro atoms. The van der Waals surface area contributed by atoms with E-state index in [1.165, 1.54) is 0 Å². The third-order valence-electron chi connectivity index (χ3n) is 8.18. The molecule has 0 bridgehead atoms. The summed E-state index contributed by atoms with van der Waals surface area (Å²) < 4.78 is 46.2. The molecule has 41 heavy (non-hydrogen) atoms. The molecule has 0 amide bonds. The van der Waals surface area contributed by atoms with Crippen molar-refractivity contribution < 1.29 is 37.9 Å². The molecule has 0 radical (unpaired) electrons. The molecule has 3 aromatic carbocycles. The molecule has 7 rings (SSSR count). The smallest absolute Gasteiger partial charge is 0.226 e. The topological polar surface area (TPSA) is 87.0 Å². The van der Waals surface area contributed by atoms with Crippen LogP contribution in [0, 0.1) is 0 Å². The maximum absolute atomic E-state index is 6.27. The molecule has 4 saturated heterocycles. The Morgan fingerprint density at radius 3 is 1.32 bits per heavy atom. The zero-order valence-corrected chi connectivity index (χ0v) is 23.9. The SMILES string of the molecule is CC1OC1Oc1ccc(C(C)(Cc2cc(OC3OC3C)ccc2OC2OC2C)c2ccc(OC3OC3C)cc2)cc1. The normalized spacial score (nSPS) is 32.4. The minimum atomic E-state index is -0.431. The average Bonchev–Trinajstić information content (AvgIpc) is 3.88. The van der Waals surface area contributed by atoms with Crippen LogP contribution in [0.15, 0.2) is 66.7 Å². The molecule has 8 unspecified atom stereocenters. The van der Waals surface area contributed by atoms with Crippen LogP contribution in [0.5, 0.6) is 23.0 Å². The fraction of sp³-hybridized carbons (Fsp3) is 0.455. The van der Waals surface area contributed by atoms with Crippen LogP contribution in [0.3, 0.4) is 0 Å². The third-order valence-corrected chi connectivity index (χ3v) is 8.18. The number of ether oxygens (including phenoxy) is 8. The van der Waals surface area contributed by atoms with E-state index in [4.69, 9.17) is 37.9 Å². The van der Waals surface area contributed by atoms with Gasteiger partial charge in [0.05, 0.1) is 0 Å². The van der Waals surface area contributed by atoms with Crippen molar-refractivity contribution in [2.75, 3.05) is 0 Å². The zero-order valence-electron chi connectivity index (χ0n) is 23.9. The molecular weight excluding hydrogens is 524 g/mol. The lowest BCUT2D eigenvalue weighted by molar-refractivity contribution is 0.172. The molecule has 216 valence electrons. The van der Waals surface area contributed by atoms with Gasteiger partial charge in [-0.2, -0.15) is 0 Å². The summed E-state index contributed by atoms with van der Waals surface area (Å²) in [4.78, 5) is 0. The molecule has 0 aromatic heterocycles. The molecule has 4 aliphatic heterocycles. The molecule has 8 atom stereocenters. The standard InChI is InChI=1S/C33H36O8/c1-18-29(34-18)38-25-10-6-23(7-11-25)33(5,24-8-12-26(13-9-24)39-30-19(2)35-30)17-22-16-27(40-31-20(3)36-31)14-15-28(22)41-32-21(4)37-32/h6-16,18-21,29-32H,17H2,1-5H3. The second-order valence-corrected chi connectivity index (χ2v) is 11.6. The van der Waals surface area contributed by atoms with Crippen LogP contribution in [-0.2, 0) is 30.8 Å². The van der Waals surface area contributed by atoms with Crippen LogP contribution in [-0.4, -0.2) is 49.6 Å². The van der Waals surface area contributed by atoms with E-state index in [-0.39, 0.29) is 49.6 Å². The fourth-order valence-electron chi connectivity index (χ4n) is 5.12. The molecule has 0 saturated carbocycles. The van der Waals surface area contributed by atoms with Gasteiger partial charge in [-0.25, -0.2) is 0 Å². The van der Waals surface area contributed by atoms with E-state index in [1.807, 2.05) is 64.1 Å². The maximum atomic E-state index is 6.27. The summed E-state index contributed by atoms with van der Waals surface area (Å²) in [7, 11) is 0. The molecule has 8 nitrogen and oxygen atoms in total. The summed E-state index contributed by atoms with van der Waals surface area (Å²) in [5, 5.41) is 0. The fourth-order valence-corrected chi connectivity index (χ4v) is 5.12. The summed E-state index contributed by atoms with van der Waals surface area (Å²) in [6, 6.07) is 22.5. The molecule has 3 aromatic rings. The molecule has 0 aliphatic carbocycles. The predicted octanol–water partition coefficient (Wildman–Crippen LogP) is 5.73. The minimum absolute atomic E-state index is 0.0716. The van der Waals surface area contributed by atoms with Gasteiger partial charge in [0.15, 0.2) is 0 Å². The van der Waals surface area contributed by atoms with Crippen molar-refractivity contribution >= 4 is 0 Å². The van der Waals surface area contributed by atoms with E-state index < -0.39 is 5.41 Å². The molecule has 4 aliphatic rings. The Morgan fingerprint density at radius 1 is 0.537 bits per heavy atom. The summed E-state index contributed by atoms with van der Waals surface area (Å²) in [5.74, 6) is 3.09. The Balaban J connectivity index is 1.22. The van der Waals surface area contributed by atoms with E-state index in [0.717, 1.165) is 39.7 Å². The van der Waals surface area contributed by atoms with E-state index in [2.05, 4.69) is 37.3 Å². The highest BCUT2D eigenvalue weighted by Crippen LogP contribution is 2.42. The predicted molar refractivity (Wildman–Crippen MR) is 149 cm³/mol. The lowest BCUT2D eigenvalue weighted by Gasteiger charge is -2.32. The van der Waals surface area contributed by atoms with Gasteiger partial charge in [-0.05, 0) is 93.3 Å². The Labute approximate surface area is 240 Å². The molecule has 4 heterocycles. The average molecular weight is 561 g/mol. The van der Waals surface area contributed by atoms with Gasteiger partial charge < -0.3 is 37.9 Å². The first-order valence-electron chi connectivity index (χ1n) is 14.4. The highest BCUT2D eigenvalue weighted by Gasteiger charge is 2.40. The van der Waals surface area contributed by atoms with Crippen LogP contribution >= 0.6 is 0 Å². The largest absolute Gasteiger partial charge is 0.462 e. The van der Waals surface area contributed by atoms with Gasteiger partial charge in [0.25, 0.3) is 0 Å². The second-order valence-electron chi connectivity index (χ2n) is 11.6. The van der Waals surface area contributed by atoms with Crippen molar-refractivity contribution in [3.63, 3.8) is 0 Å². The van der Waals surface area contributed by atoms with Crippen molar-refractivity contribution in [2.24, 2.45) is 0 Å². The lowest BCUT2D eigenvalue weighted by Crippen LogP contribution is -2.27. The quantitative estimate of drug-likeness (QED) is 0.260. The Bertz CT molecular complexity index is 1330. The van der Waals surface area contributed by atoms with Crippen LogP contribution < -0.4 is 18.9 Å².